The van der Waals surface area contributed by atoms with Crippen molar-refractivity contribution < 1.29 is 19.1 Å². The molecule has 6 nitrogen and oxygen atoms in total. The van der Waals surface area contributed by atoms with Gasteiger partial charge in [-0.25, -0.2) is 0 Å². The topological polar surface area (TPSA) is 76.7 Å². The number of carbonyl (C=O) groups is 2. The number of rotatable bonds is 9. The van der Waals surface area contributed by atoms with Crippen LogP contribution in [0.1, 0.15) is 47.7 Å². The highest BCUT2D eigenvalue weighted by molar-refractivity contribution is 6.32. The molecule has 0 spiro atoms. The van der Waals surface area contributed by atoms with Gasteiger partial charge in [-0.3, -0.25) is 20.4 Å². The minimum Gasteiger partial charge on any atom is -0.493 e. The quantitative estimate of drug-likeness (QED) is 0.468. The van der Waals surface area contributed by atoms with E-state index in [0.29, 0.717) is 28.7 Å². The van der Waals surface area contributed by atoms with E-state index in [4.69, 9.17) is 21.1 Å². The summed E-state index contributed by atoms with van der Waals surface area (Å²) in [5.41, 5.74) is 6.83. The lowest BCUT2D eigenvalue weighted by molar-refractivity contribution is -0.123. The predicted molar refractivity (Wildman–Crippen MR) is 113 cm³/mol. The van der Waals surface area contributed by atoms with Gasteiger partial charge in [-0.2, -0.15) is 0 Å². The van der Waals surface area contributed by atoms with Crippen LogP contribution >= 0.6 is 11.6 Å². The number of hydrogen-bond acceptors (Lipinski definition) is 4. The van der Waals surface area contributed by atoms with Crippen LogP contribution in [0.25, 0.3) is 0 Å². The van der Waals surface area contributed by atoms with Gasteiger partial charge in [-0.15, -0.1) is 0 Å². The summed E-state index contributed by atoms with van der Waals surface area (Å²) < 4.78 is 11.2. The zero-order chi connectivity index (χ0) is 21.2. The van der Waals surface area contributed by atoms with Gasteiger partial charge in [-0.05, 0) is 55.7 Å². The standard InChI is InChI=1S/C22H27ClN2O4/c1-4-5-8-11-28-19-10-7-6-9-18(19)22(27)25-24-20(26)14-29-17-12-15(2)21(23)16(3)13-17/h6-7,9-10,12-13H,4-5,8,11,14H2,1-3H3,(H,24,26)(H,25,27). The average Bonchev–Trinajstić information content (AvgIpc) is 2.72. The number of ether oxygens (including phenoxy) is 2. The molecule has 2 N–H and O–H groups in total. The van der Waals surface area contributed by atoms with Crippen LogP contribution in [0.4, 0.5) is 0 Å². The van der Waals surface area contributed by atoms with Crippen LogP contribution in [0.15, 0.2) is 36.4 Å². The van der Waals surface area contributed by atoms with Gasteiger partial charge >= 0.3 is 0 Å². The van der Waals surface area contributed by atoms with Crippen molar-refractivity contribution in [1.82, 2.24) is 10.9 Å². The smallest absolute Gasteiger partial charge is 0.276 e. The minimum absolute atomic E-state index is 0.240. The van der Waals surface area contributed by atoms with Crippen LogP contribution in [-0.2, 0) is 4.79 Å². The third-order valence-electron chi connectivity index (χ3n) is 4.23. The van der Waals surface area contributed by atoms with E-state index in [-0.39, 0.29) is 6.61 Å². The summed E-state index contributed by atoms with van der Waals surface area (Å²) >= 11 is 6.12. The van der Waals surface area contributed by atoms with Crippen molar-refractivity contribution in [2.24, 2.45) is 0 Å². The Hall–Kier alpha value is -2.73. The Balaban J connectivity index is 1.85. The average molecular weight is 419 g/mol. The lowest BCUT2D eigenvalue weighted by Gasteiger charge is -2.13. The highest BCUT2D eigenvalue weighted by Gasteiger charge is 2.13. The first-order valence-corrected chi connectivity index (χ1v) is 10.0. The molecule has 0 aliphatic rings. The molecule has 29 heavy (non-hydrogen) atoms. The van der Waals surface area contributed by atoms with E-state index in [9.17, 15) is 9.59 Å². The number of benzene rings is 2. The number of para-hydroxylation sites is 1. The van der Waals surface area contributed by atoms with E-state index in [2.05, 4.69) is 17.8 Å². The molecule has 0 saturated carbocycles. The Morgan fingerprint density at radius 2 is 1.69 bits per heavy atom. The number of hydrogen-bond donors (Lipinski definition) is 2. The van der Waals surface area contributed by atoms with Crippen molar-refractivity contribution in [2.45, 2.75) is 40.0 Å². The molecule has 2 aromatic carbocycles. The highest BCUT2D eigenvalue weighted by atomic mass is 35.5. The number of hydrazine groups is 1. The second-order valence-electron chi connectivity index (χ2n) is 6.71. The summed E-state index contributed by atoms with van der Waals surface area (Å²) in [6, 6.07) is 10.4. The normalized spacial score (nSPS) is 10.3. The van der Waals surface area contributed by atoms with E-state index in [1.807, 2.05) is 13.8 Å². The molecular formula is C22H27ClN2O4. The van der Waals surface area contributed by atoms with Crippen molar-refractivity contribution in [3.8, 4) is 11.5 Å². The Bertz CT molecular complexity index is 831. The molecule has 0 aromatic heterocycles. The van der Waals surface area contributed by atoms with Gasteiger partial charge in [0, 0.05) is 5.02 Å². The zero-order valence-corrected chi connectivity index (χ0v) is 17.8. The Kier molecular flexibility index (Phi) is 8.80. The maximum absolute atomic E-state index is 12.4. The lowest BCUT2D eigenvalue weighted by atomic mass is 10.1. The summed E-state index contributed by atoms with van der Waals surface area (Å²) in [5.74, 6) is 0.0861. The van der Waals surface area contributed by atoms with E-state index < -0.39 is 11.8 Å². The summed E-state index contributed by atoms with van der Waals surface area (Å²) in [5, 5.41) is 0.671. The minimum atomic E-state index is -0.482. The predicted octanol–water partition coefficient (Wildman–Crippen LogP) is 4.37. The summed E-state index contributed by atoms with van der Waals surface area (Å²) in [4.78, 5) is 24.4. The van der Waals surface area contributed by atoms with E-state index in [1.54, 1.807) is 36.4 Å². The molecule has 0 unspecified atom stereocenters. The molecule has 2 amide bonds. The van der Waals surface area contributed by atoms with E-state index in [0.717, 1.165) is 30.4 Å². The summed E-state index contributed by atoms with van der Waals surface area (Å²) in [7, 11) is 0. The van der Waals surface area contributed by atoms with Gasteiger partial charge < -0.3 is 9.47 Å². The number of amides is 2. The summed E-state index contributed by atoms with van der Waals surface area (Å²) in [6.07, 6.45) is 3.08. The zero-order valence-electron chi connectivity index (χ0n) is 17.0. The molecule has 0 aliphatic heterocycles. The molecule has 0 heterocycles. The Labute approximate surface area is 176 Å². The third-order valence-corrected chi connectivity index (χ3v) is 4.83. The fraction of sp³-hybridized carbons (Fsp3) is 0.364. The van der Waals surface area contributed by atoms with Gasteiger partial charge in [0.15, 0.2) is 6.61 Å². The molecule has 2 rings (SSSR count). The van der Waals surface area contributed by atoms with Crippen LogP contribution in [0.5, 0.6) is 11.5 Å². The van der Waals surface area contributed by atoms with Crippen molar-refractivity contribution in [2.75, 3.05) is 13.2 Å². The maximum atomic E-state index is 12.4. The third kappa shape index (κ3) is 6.98. The number of halogens is 1. The second-order valence-corrected chi connectivity index (χ2v) is 7.09. The van der Waals surface area contributed by atoms with Gasteiger partial charge in [0.25, 0.3) is 11.8 Å². The molecule has 0 aliphatic carbocycles. The van der Waals surface area contributed by atoms with Gasteiger partial charge in [0.05, 0.1) is 12.2 Å². The van der Waals surface area contributed by atoms with Crippen LogP contribution in [0.2, 0.25) is 5.02 Å². The van der Waals surface area contributed by atoms with E-state index >= 15 is 0 Å². The first-order chi connectivity index (χ1) is 13.9. The number of unbranched alkanes of at least 4 members (excludes halogenated alkanes) is 2. The van der Waals surface area contributed by atoms with Gasteiger partial charge in [-0.1, -0.05) is 43.5 Å². The second kappa shape index (κ2) is 11.3. The molecule has 2 aromatic rings. The largest absolute Gasteiger partial charge is 0.493 e. The Morgan fingerprint density at radius 3 is 2.38 bits per heavy atom. The van der Waals surface area contributed by atoms with Crippen molar-refractivity contribution in [3.63, 3.8) is 0 Å². The fourth-order valence-electron chi connectivity index (χ4n) is 2.68. The summed E-state index contributed by atoms with van der Waals surface area (Å²) in [6.45, 7) is 6.14. The van der Waals surface area contributed by atoms with Crippen molar-refractivity contribution >= 4 is 23.4 Å². The molecule has 156 valence electrons. The van der Waals surface area contributed by atoms with Gasteiger partial charge in [0.2, 0.25) is 0 Å². The molecular weight excluding hydrogens is 392 g/mol. The van der Waals surface area contributed by atoms with Crippen LogP contribution in [-0.4, -0.2) is 25.0 Å². The highest BCUT2D eigenvalue weighted by Crippen LogP contribution is 2.25. The molecule has 0 radical (unpaired) electrons. The van der Waals surface area contributed by atoms with E-state index in [1.165, 1.54) is 0 Å². The maximum Gasteiger partial charge on any atom is 0.276 e. The molecule has 0 bridgehead atoms. The molecule has 0 fully saturated rings. The number of carbonyl (C=O) groups excluding carboxylic acids is 2. The molecule has 0 atom stereocenters. The first kappa shape index (κ1) is 22.6. The first-order valence-electron chi connectivity index (χ1n) is 9.63. The Morgan fingerprint density at radius 1 is 1.00 bits per heavy atom. The SMILES string of the molecule is CCCCCOc1ccccc1C(=O)NNC(=O)COc1cc(C)c(Cl)c(C)c1. The number of nitrogens with one attached hydrogen (secondary N) is 2. The number of aryl methyl sites for hydroxylation is 2. The fourth-order valence-corrected chi connectivity index (χ4v) is 2.79. The van der Waals surface area contributed by atoms with Gasteiger partial charge in [0.1, 0.15) is 11.5 Å². The lowest BCUT2D eigenvalue weighted by Crippen LogP contribution is -2.43. The van der Waals surface area contributed by atoms with Crippen LogP contribution < -0.4 is 20.3 Å². The van der Waals surface area contributed by atoms with Crippen LogP contribution in [0.3, 0.4) is 0 Å². The van der Waals surface area contributed by atoms with Crippen molar-refractivity contribution in [1.29, 1.82) is 0 Å². The van der Waals surface area contributed by atoms with Crippen LogP contribution in [0, 0.1) is 13.8 Å². The van der Waals surface area contributed by atoms with Crippen molar-refractivity contribution in [3.05, 3.63) is 58.1 Å². The molecule has 7 heteroatoms. The molecule has 0 saturated heterocycles. The monoisotopic (exact) mass is 418 g/mol.